The van der Waals surface area contributed by atoms with Crippen LogP contribution in [0.1, 0.15) is 37.7 Å². The summed E-state index contributed by atoms with van der Waals surface area (Å²) in [5.41, 5.74) is 1.91. The fraction of sp³-hybridized carbons (Fsp3) is 0.346. The smallest absolute Gasteiger partial charge is 0.232 e. The second-order valence-corrected chi connectivity index (χ2v) is 9.00. The minimum Gasteiger partial charge on any atom is -0.508 e. The Morgan fingerprint density at radius 3 is 2.23 bits per heavy atom. The Kier molecular flexibility index (Phi) is 4.92. The van der Waals surface area contributed by atoms with Gasteiger partial charge in [-0.3, -0.25) is 4.79 Å². The van der Waals surface area contributed by atoms with Gasteiger partial charge in [-0.15, -0.1) is 0 Å². The summed E-state index contributed by atoms with van der Waals surface area (Å²) in [6, 6.07) is 12.8. The molecule has 1 saturated carbocycles. The number of nitrogens with zero attached hydrogens (tertiary/aromatic N) is 1. The Morgan fingerprint density at radius 1 is 1.00 bits per heavy atom. The standard InChI is InChI=1S/C26H25F2NO2/c27-19-5-3-18(4-6-19)26(15-16-26)14-13-23-24(17-1-11-22(30)12-2-17)29(25(23)31)21-9-7-20(28)8-10-21/h1,3-12,17,23-24,30H,2,13-16H2/t17?,23-,24-/m1/s1. The average molecular weight is 421 g/mol. The number of benzene rings is 2. The van der Waals surface area contributed by atoms with Crippen LogP contribution in [0.2, 0.25) is 0 Å². The number of rotatable bonds is 6. The van der Waals surface area contributed by atoms with Gasteiger partial charge < -0.3 is 10.0 Å². The summed E-state index contributed by atoms with van der Waals surface area (Å²) in [7, 11) is 0. The number of amides is 1. The van der Waals surface area contributed by atoms with Gasteiger partial charge in [0, 0.05) is 11.6 Å². The molecule has 1 amide bonds. The van der Waals surface area contributed by atoms with Crippen molar-refractivity contribution >= 4 is 11.6 Å². The van der Waals surface area contributed by atoms with Crippen LogP contribution in [0.15, 0.2) is 72.5 Å². The zero-order valence-electron chi connectivity index (χ0n) is 17.2. The van der Waals surface area contributed by atoms with E-state index in [1.54, 1.807) is 29.2 Å². The molecule has 160 valence electrons. The molecule has 0 aromatic heterocycles. The topological polar surface area (TPSA) is 40.5 Å². The molecule has 2 aromatic rings. The fourth-order valence-corrected chi connectivity index (χ4v) is 5.20. The minimum absolute atomic E-state index is 0.0254. The van der Waals surface area contributed by atoms with Crippen LogP contribution in [0, 0.1) is 23.5 Å². The summed E-state index contributed by atoms with van der Waals surface area (Å²) in [6.07, 6.45) is 9.89. The molecule has 1 unspecified atom stereocenters. The Morgan fingerprint density at radius 2 is 1.65 bits per heavy atom. The van der Waals surface area contributed by atoms with E-state index in [9.17, 15) is 18.7 Å². The molecule has 0 spiro atoms. The van der Waals surface area contributed by atoms with Crippen molar-refractivity contribution in [1.82, 2.24) is 0 Å². The molecule has 3 atom stereocenters. The van der Waals surface area contributed by atoms with Gasteiger partial charge in [0.25, 0.3) is 0 Å². The molecule has 1 aliphatic heterocycles. The number of anilines is 1. The molecular weight excluding hydrogens is 396 g/mol. The van der Waals surface area contributed by atoms with Gasteiger partial charge in [-0.1, -0.05) is 18.2 Å². The lowest BCUT2D eigenvalue weighted by atomic mass is 9.72. The SMILES string of the molecule is O=C1[C@H](CCC2(c3ccc(F)cc3)CC2)[C@@H](C2C=CC(O)=CC2)N1c1ccc(F)cc1. The Bertz CT molecular complexity index is 1040. The van der Waals surface area contributed by atoms with E-state index in [0.717, 1.165) is 31.2 Å². The largest absolute Gasteiger partial charge is 0.508 e. The summed E-state index contributed by atoms with van der Waals surface area (Å²) < 4.78 is 26.7. The molecule has 3 nitrogen and oxygen atoms in total. The summed E-state index contributed by atoms with van der Waals surface area (Å²) in [5, 5.41) is 9.72. The minimum atomic E-state index is -0.329. The van der Waals surface area contributed by atoms with E-state index in [4.69, 9.17) is 0 Å². The van der Waals surface area contributed by atoms with Crippen molar-refractivity contribution in [3.63, 3.8) is 0 Å². The molecule has 5 rings (SSSR count). The molecule has 1 heterocycles. The maximum absolute atomic E-state index is 13.4. The van der Waals surface area contributed by atoms with Gasteiger partial charge in [-0.25, -0.2) is 8.78 Å². The molecule has 1 N–H and O–H groups in total. The molecule has 1 saturated heterocycles. The first-order valence-electron chi connectivity index (χ1n) is 10.9. The van der Waals surface area contributed by atoms with Crippen LogP contribution in [-0.2, 0) is 10.2 Å². The number of halogens is 2. The van der Waals surface area contributed by atoms with Crippen LogP contribution < -0.4 is 4.90 Å². The molecule has 31 heavy (non-hydrogen) atoms. The van der Waals surface area contributed by atoms with Gasteiger partial charge in [0.1, 0.15) is 17.4 Å². The quantitative estimate of drug-likeness (QED) is 0.597. The van der Waals surface area contributed by atoms with E-state index < -0.39 is 0 Å². The number of allylic oxidation sites excluding steroid dienone is 2. The number of aliphatic hydroxyl groups excluding tert-OH is 1. The highest BCUT2D eigenvalue weighted by atomic mass is 19.1. The first-order chi connectivity index (χ1) is 15.0. The average Bonchev–Trinajstić information content (AvgIpc) is 3.56. The normalized spacial score (nSPS) is 26.4. The van der Waals surface area contributed by atoms with Crippen LogP contribution in [0.5, 0.6) is 0 Å². The molecular formula is C26H25F2NO2. The van der Waals surface area contributed by atoms with Crippen molar-refractivity contribution in [3.8, 4) is 0 Å². The summed E-state index contributed by atoms with van der Waals surface area (Å²) in [5.74, 6) is -0.260. The lowest BCUT2D eigenvalue weighted by Crippen LogP contribution is -2.64. The van der Waals surface area contributed by atoms with Crippen molar-refractivity contribution in [2.24, 2.45) is 11.8 Å². The van der Waals surface area contributed by atoms with E-state index in [1.165, 1.54) is 24.3 Å². The van der Waals surface area contributed by atoms with Crippen LogP contribution >= 0.6 is 0 Å². The van der Waals surface area contributed by atoms with Crippen molar-refractivity contribution in [2.45, 2.75) is 43.6 Å². The van der Waals surface area contributed by atoms with Crippen molar-refractivity contribution in [3.05, 3.63) is 89.7 Å². The highest BCUT2D eigenvalue weighted by Crippen LogP contribution is 2.54. The third-order valence-corrected chi connectivity index (χ3v) is 7.17. The number of aliphatic hydroxyl groups is 1. The van der Waals surface area contributed by atoms with E-state index in [0.29, 0.717) is 12.1 Å². The summed E-state index contributed by atoms with van der Waals surface area (Å²) in [6.45, 7) is 0. The van der Waals surface area contributed by atoms with Gasteiger partial charge in [0.2, 0.25) is 5.91 Å². The van der Waals surface area contributed by atoms with Crippen LogP contribution in [0.4, 0.5) is 14.5 Å². The third kappa shape index (κ3) is 3.67. The molecule has 2 fully saturated rings. The van der Waals surface area contributed by atoms with Gasteiger partial charge >= 0.3 is 0 Å². The predicted octanol–water partition coefficient (Wildman–Crippen LogP) is 5.83. The maximum Gasteiger partial charge on any atom is 0.232 e. The molecule has 0 bridgehead atoms. The Hall–Kier alpha value is -2.95. The second kappa shape index (κ2) is 7.63. The lowest BCUT2D eigenvalue weighted by Gasteiger charge is -2.51. The zero-order valence-corrected chi connectivity index (χ0v) is 17.2. The van der Waals surface area contributed by atoms with E-state index >= 15 is 0 Å². The Balaban J connectivity index is 1.36. The monoisotopic (exact) mass is 421 g/mol. The zero-order chi connectivity index (χ0) is 21.6. The number of hydrogen-bond donors (Lipinski definition) is 1. The molecule has 2 aliphatic carbocycles. The first kappa shape index (κ1) is 20.0. The summed E-state index contributed by atoms with van der Waals surface area (Å²) in [4.78, 5) is 15.0. The van der Waals surface area contributed by atoms with Crippen LogP contribution in [-0.4, -0.2) is 17.1 Å². The highest BCUT2D eigenvalue weighted by molar-refractivity contribution is 6.03. The molecule has 5 heteroatoms. The molecule has 0 radical (unpaired) electrons. The predicted molar refractivity (Wildman–Crippen MR) is 116 cm³/mol. The van der Waals surface area contributed by atoms with Crippen LogP contribution in [0.25, 0.3) is 0 Å². The molecule has 2 aromatic carbocycles. The number of β-lactam (4-membered cyclic amide) rings is 1. The van der Waals surface area contributed by atoms with Crippen LogP contribution in [0.3, 0.4) is 0 Å². The first-order valence-corrected chi connectivity index (χ1v) is 10.9. The van der Waals surface area contributed by atoms with Crippen molar-refractivity contribution in [1.29, 1.82) is 0 Å². The van der Waals surface area contributed by atoms with Gasteiger partial charge in [-0.05, 0) is 91.6 Å². The fourth-order valence-electron chi connectivity index (χ4n) is 5.20. The third-order valence-electron chi connectivity index (χ3n) is 7.17. The maximum atomic E-state index is 13.4. The van der Waals surface area contributed by atoms with E-state index in [1.807, 2.05) is 18.2 Å². The Labute approximate surface area is 180 Å². The highest BCUT2D eigenvalue weighted by Gasteiger charge is 2.53. The van der Waals surface area contributed by atoms with Crippen molar-refractivity contribution < 1.29 is 18.7 Å². The van der Waals surface area contributed by atoms with Gasteiger partial charge in [0.15, 0.2) is 0 Å². The van der Waals surface area contributed by atoms with E-state index in [2.05, 4.69) is 0 Å². The van der Waals surface area contributed by atoms with E-state index in [-0.39, 0.29) is 46.6 Å². The van der Waals surface area contributed by atoms with Gasteiger partial charge in [0.05, 0.1) is 12.0 Å². The lowest BCUT2D eigenvalue weighted by molar-refractivity contribution is -0.131. The van der Waals surface area contributed by atoms with Gasteiger partial charge in [-0.2, -0.15) is 0 Å². The van der Waals surface area contributed by atoms with Crippen molar-refractivity contribution in [2.75, 3.05) is 4.90 Å². The summed E-state index contributed by atoms with van der Waals surface area (Å²) >= 11 is 0. The second-order valence-electron chi connectivity index (χ2n) is 9.00. The molecule has 3 aliphatic rings. The number of carbonyl (C=O) groups excluding carboxylic acids is 1. The number of hydrogen-bond acceptors (Lipinski definition) is 2. The number of carbonyl (C=O) groups is 1.